The molecule has 2 N–H and O–H groups in total. The van der Waals surface area contributed by atoms with Crippen LogP contribution in [0.15, 0.2) is 23.0 Å². The van der Waals surface area contributed by atoms with Crippen molar-refractivity contribution >= 4 is 23.2 Å². The van der Waals surface area contributed by atoms with Gasteiger partial charge in [-0.2, -0.15) is 0 Å². The minimum Gasteiger partial charge on any atom is -0.354 e. The molecule has 1 amide bonds. The largest absolute Gasteiger partial charge is 0.354 e. The average molecular weight is 417 g/mol. The van der Waals surface area contributed by atoms with Crippen molar-refractivity contribution in [1.82, 2.24) is 20.1 Å². The number of piperidine rings is 1. The van der Waals surface area contributed by atoms with E-state index in [4.69, 9.17) is 12.2 Å². The lowest BCUT2D eigenvalue weighted by Gasteiger charge is -2.43. The van der Waals surface area contributed by atoms with Crippen molar-refractivity contribution in [3.05, 3.63) is 34.2 Å². The topological polar surface area (TPSA) is 66.4 Å². The van der Waals surface area contributed by atoms with Gasteiger partial charge in [0, 0.05) is 43.4 Å². The fourth-order valence-corrected chi connectivity index (χ4v) is 5.59. The van der Waals surface area contributed by atoms with Gasteiger partial charge >= 0.3 is 0 Å². The summed E-state index contributed by atoms with van der Waals surface area (Å²) in [7, 11) is 0. The molecular formula is C22H32N4O2S. The number of nitrogens with one attached hydrogen (secondary N) is 2. The standard InChI is InChI=1S/C22H32N4O2S/c1-14-5-3-6-18(15(14)2)24-20(27)10-23-22(29)25-11-16-9-17(13-25)19-7-4-8-21(28)26(19)12-16/h4,7-8,14-18H,3,5-6,9-13H2,1-2H3,(H,23,29)(H,24,27)/t14-,15+,16-,17+,18+/m1/s1. The van der Waals surface area contributed by atoms with Gasteiger partial charge < -0.3 is 20.1 Å². The van der Waals surface area contributed by atoms with Crippen molar-refractivity contribution in [3.63, 3.8) is 0 Å². The maximum Gasteiger partial charge on any atom is 0.250 e. The van der Waals surface area contributed by atoms with Crippen LogP contribution in [0.3, 0.4) is 0 Å². The molecule has 0 unspecified atom stereocenters. The van der Waals surface area contributed by atoms with Crippen molar-refractivity contribution in [2.24, 2.45) is 17.8 Å². The Morgan fingerprint density at radius 2 is 2.03 bits per heavy atom. The van der Waals surface area contributed by atoms with E-state index in [-0.39, 0.29) is 24.1 Å². The van der Waals surface area contributed by atoms with Crippen LogP contribution in [0.25, 0.3) is 0 Å². The molecule has 2 fully saturated rings. The van der Waals surface area contributed by atoms with Crippen LogP contribution in [0.2, 0.25) is 0 Å². The highest BCUT2D eigenvalue weighted by Crippen LogP contribution is 2.35. The summed E-state index contributed by atoms with van der Waals surface area (Å²) in [6.45, 7) is 7.12. The molecule has 0 aromatic carbocycles. The van der Waals surface area contributed by atoms with Gasteiger partial charge in [-0.3, -0.25) is 9.59 Å². The molecule has 3 aliphatic rings. The van der Waals surface area contributed by atoms with E-state index in [2.05, 4.69) is 35.4 Å². The van der Waals surface area contributed by atoms with Gasteiger partial charge in [-0.25, -0.2) is 0 Å². The number of rotatable bonds is 3. The molecule has 158 valence electrons. The van der Waals surface area contributed by atoms with Gasteiger partial charge in [0.25, 0.3) is 5.56 Å². The third-order valence-electron chi connectivity index (χ3n) is 7.22. The molecule has 6 nitrogen and oxygen atoms in total. The molecule has 5 atom stereocenters. The second-order valence-electron chi connectivity index (χ2n) is 9.20. The third-order valence-corrected chi connectivity index (χ3v) is 7.62. The summed E-state index contributed by atoms with van der Waals surface area (Å²) in [6, 6.07) is 5.82. The smallest absolute Gasteiger partial charge is 0.250 e. The molecule has 1 aliphatic carbocycles. The number of pyridine rings is 1. The zero-order valence-corrected chi connectivity index (χ0v) is 18.2. The number of carbonyl (C=O) groups is 1. The summed E-state index contributed by atoms with van der Waals surface area (Å²) in [5.41, 5.74) is 1.20. The van der Waals surface area contributed by atoms with Gasteiger partial charge in [-0.05, 0) is 48.9 Å². The number of hydrogen-bond acceptors (Lipinski definition) is 3. The summed E-state index contributed by atoms with van der Waals surface area (Å²) >= 11 is 5.61. The lowest BCUT2D eigenvalue weighted by molar-refractivity contribution is -0.121. The molecule has 1 saturated carbocycles. The first-order valence-electron chi connectivity index (χ1n) is 10.9. The van der Waals surface area contributed by atoms with E-state index < -0.39 is 0 Å². The van der Waals surface area contributed by atoms with Crippen molar-refractivity contribution in [3.8, 4) is 0 Å². The Labute approximate surface area is 178 Å². The summed E-state index contributed by atoms with van der Waals surface area (Å²) in [4.78, 5) is 26.8. The minimum absolute atomic E-state index is 0.0207. The van der Waals surface area contributed by atoms with Crippen molar-refractivity contribution < 1.29 is 4.79 Å². The van der Waals surface area contributed by atoms with Crippen LogP contribution in [0.1, 0.15) is 51.1 Å². The van der Waals surface area contributed by atoms with E-state index in [0.717, 1.165) is 38.2 Å². The van der Waals surface area contributed by atoms with Crippen LogP contribution in [-0.2, 0) is 11.3 Å². The molecule has 4 rings (SSSR count). The first-order chi connectivity index (χ1) is 13.9. The zero-order chi connectivity index (χ0) is 20.5. The summed E-state index contributed by atoms with van der Waals surface area (Å²) < 4.78 is 1.92. The quantitative estimate of drug-likeness (QED) is 0.739. The molecule has 3 heterocycles. The van der Waals surface area contributed by atoms with Gasteiger partial charge in [0.1, 0.15) is 0 Å². The Hall–Kier alpha value is -1.89. The fourth-order valence-electron chi connectivity index (χ4n) is 5.37. The van der Waals surface area contributed by atoms with Gasteiger partial charge in [0.15, 0.2) is 5.11 Å². The van der Waals surface area contributed by atoms with Gasteiger partial charge in [0.2, 0.25) is 5.91 Å². The molecule has 2 bridgehead atoms. The molecule has 0 spiro atoms. The Kier molecular flexibility index (Phi) is 5.95. The second-order valence-corrected chi connectivity index (χ2v) is 9.59. The van der Waals surface area contributed by atoms with E-state index >= 15 is 0 Å². The molecule has 1 aromatic heterocycles. The van der Waals surface area contributed by atoms with Crippen LogP contribution in [-0.4, -0.2) is 46.2 Å². The van der Waals surface area contributed by atoms with E-state index in [1.54, 1.807) is 6.07 Å². The molecule has 1 aromatic rings. The van der Waals surface area contributed by atoms with Crippen LogP contribution < -0.4 is 16.2 Å². The van der Waals surface area contributed by atoms with Crippen molar-refractivity contribution in [1.29, 1.82) is 0 Å². The third kappa shape index (κ3) is 4.34. The number of aromatic nitrogens is 1. The van der Waals surface area contributed by atoms with E-state index in [1.807, 2.05) is 10.6 Å². The van der Waals surface area contributed by atoms with Crippen LogP contribution in [0.4, 0.5) is 0 Å². The number of nitrogens with zero attached hydrogens (tertiary/aromatic N) is 2. The van der Waals surface area contributed by atoms with Gasteiger partial charge in [-0.15, -0.1) is 0 Å². The molecule has 2 aliphatic heterocycles. The summed E-state index contributed by atoms with van der Waals surface area (Å²) in [6.07, 6.45) is 4.60. The second kappa shape index (κ2) is 8.46. The molecule has 7 heteroatoms. The monoisotopic (exact) mass is 416 g/mol. The summed E-state index contributed by atoms with van der Waals surface area (Å²) in [5.74, 6) is 1.93. The highest BCUT2D eigenvalue weighted by atomic mass is 32.1. The van der Waals surface area contributed by atoms with Gasteiger partial charge in [-0.1, -0.05) is 32.8 Å². The minimum atomic E-state index is 0.0207. The van der Waals surface area contributed by atoms with E-state index in [9.17, 15) is 9.59 Å². The van der Waals surface area contributed by atoms with Crippen molar-refractivity contribution in [2.45, 2.75) is 58.0 Å². The first-order valence-corrected chi connectivity index (χ1v) is 11.3. The number of amides is 1. The average Bonchev–Trinajstić information content (AvgIpc) is 2.70. The van der Waals surface area contributed by atoms with Crippen molar-refractivity contribution in [2.75, 3.05) is 19.6 Å². The predicted molar refractivity (Wildman–Crippen MR) is 118 cm³/mol. The maximum atomic E-state index is 12.5. The first kappa shape index (κ1) is 20.4. The van der Waals surface area contributed by atoms with Crippen LogP contribution in [0.5, 0.6) is 0 Å². The molecule has 1 saturated heterocycles. The SMILES string of the molecule is C[C@H]1[C@H](C)CCC[C@@H]1NC(=O)CNC(=S)N1C[C@H]2C[C@@H](C1)c1cccc(=O)n1C2. The Morgan fingerprint density at radius 3 is 2.86 bits per heavy atom. The number of carbonyl (C=O) groups excluding carboxylic acids is 1. The number of hydrogen-bond donors (Lipinski definition) is 2. The number of thiocarbonyl (C=S) groups is 1. The van der Waals surface area contributed by atoms with Crippen LogP contribution >= 0.6 is 12.2 Å². The Bertz CT molecular complexity index is 838. The van der Waals surface area contributed by atoms with Crippen LogP contribution in [0, 0.1) is 17.8 Å². The normalized spacial score (nSPS) is 31.0. The highest BCUT2D eigenvalue weighted by Gasteiger charge is 2.35. The summed E-state index contributed by atoms with van der Waals surface area (Å²) in [5, 5.41) is 7.01. The van der Waals surface area contributed by atoms with Gasteiger partial charge in [0.05, 0.1) is 6.54 Å². The van der Waals surface area contributed by atoms with E-state index in [0.29, 0.717) is 28.8 Å². The highest BCUT2D eigenvalue weighted by molar-refractivity contribution is 7.80. The number of likely N-dealkylation sites (tertiary alicyclic amines) is 1. The Balaban J connectivity index is 1.31. The lowest BCUT2D eigenvalue weighted by Crippen LogP contribution is -2.53. The lowest BCUT2D eigenvalue weighted by atomic mass is 9.78. The zero-order valence-electron chi connectivity index (χ0n) is 17.4. The fraction of sp³-hybridized carbons (Fsp3) is 0.682. The molecule has 0 radical (unpaired) electrons. The maximum absolute atomic E-state index is 12.5. The van der Waals surface area contributed by atoms with E-state index in [1.165, 1.54) is 12.8 Å². The number of fused-ring (bicyclic) bond motifs is 4. The molecular weight excluding hydrogens is 384 g/mol. The molecule has 29 heavy (non-hydrogen) atoms. The Morgan fingerprint density at radius 1 is 1.21 bits per heavy atom. The predicted octanol–water partition coefficient (Wildman–Crippen LogP) is 2.08.